The number of nitrogens with zero attached hydrogens (tertiary/aromatic N) is 3. The smallest absolute Gasteiger partial charge is 0.150 e. The first kappa shape index (κ1) is 14.0. The van der Waals surface area contributed by atoms with Crippen molar-refractivity contribution in [1.82, 2.24) is 15.0 Å². The molecule has 1 N–H and O–H groups in total. The van der Waals surface area contributed by atoms with Gasteiger partial charge in [-0.15, -0.1) is 0 Å². The summed E-state index contributed by atoms with van der Waals surface area (Å²) in [6.45, 7) is 6.27. The zero-order chi connectivity index (χ0) is 13.9. The van der Waals surface area contributed by atoms with Crippen molar-refractivity contribution in [3.63, 3.8) is 0 Å². The van der Waals surface area contributed by atoms with Crippen LogP contribution in [0, 0.1) is 6.92 Å². The van der Waals surface area contributed by atoms with Gasteiger partial charge in [-0.25, -0.2) is 0 Å². The lowest BCUT2D eigenvalue weighted by molar-refractivity contribution is 0.0924. The summed E-state index contributed by atoms with van der Waals surface area (Å²) in [5.74, 6) is 0.893. The van der Waals surface area contributed by atoms with E-state index in [0.29, 0.717) is 6.04 Å². The van der Waals surface area contributed by atoms with Crippen LogP contribution in [0.5, 0.6) is 0 Å². The van der Waals surface area contributed by atoms with Crippen LogP contribution >= 0.6 is 0 Å². The van der Waals surface area contributed by atoms with E-state index in [4.69, 9.17) is 4.52 Å². The number of hydrogen-bond acceptors (Lipinski definition) is 5. The Balaban J connectivity index is 1.58. The molecule has 0 spiro atoms. The lowest BCUT2D eigenvalue weighted by atomic mass is 10.2. The largest absolute Gasteiger partial charge is 0.390 e. The van der Waals surface area contributed by atoms with Crippen LogP contribution in [-0.4, -0.2) is 58.4 Å². The molecular weight excluding hydrogens is 254 g/mol. The fourth-order valence-corrected chi connectivity index (χ4v) is 3.53. The first-order valence-corrected chi connectivity index (χ1v) is 7.77. The van der Waals surface area contributed by atoms with Gasteiger partial charge in [0.1, 0.15) is 0 Å². The average Bonchev–Trinajstić information content (AvgIpc) is 3.02. The number of rotatable bonds is 3. The SMILES string of the molecule is Cc1cc(CN2CCN(C3CCCC3)C[C@@H](O)C2)on1. The van der Waals surface area contributed by atoms with Crippen LogP contribution in [0.15, 0.2) is 10.6 Å². The summed E-state index contributed by atoms with van der Waals surface area (Å²) in [5.41, 5.74) is 0.919. The van der Waals surface area contributed by atoms with E-state index in [1.807, 2.05) is 13.0 Å². The van der Waals surface area contributed by atoms with E-state index in [0.717, 1.165) is 44.2 Å². The lowest BCUT2D eigenvalue weighted by Gasteiger charge is -2.27. The molecule has 112 valence electrons. The van der Waals surface area contributed by atoms with E-state index in [9.17, 15) is 5.11 Å². The third-order valence-electron chi connectivity index (χ3n) is 4.51. The van der Waals surface area contributed by atoms with E-state index in [1.54, 1.807) is 0 Å². The zero-order valence-corrected chi connectivity index (χ0v) is 12.3. The van der Waals surface area contributed by atoms with Crippen molar-refractivity contribution in [3.8, 4) is 0 Å². The summed E-state index contributed by atoms with van der Waals surface area (Å²) in [7, 11) is 0. The van der Waals surface area contributed by atoms with Crippen molar-refractivity contribution in [2.75, 3.05) is 26.2 Å². The number of aryl methyl sites for hydroxylation is 1. The molecule has 2 fully saturated rings. The fraction of sp³-hybridized carbons (Fsp3) is 0.800. The highest BCUT2D eigenvalue weighted by Gasteiger charge is 2.28. The Morgan fingerprint density at radius 3 is 2.80 bits per heavy atom. The number of hydrogen-bond donors (Lipinski definition) is 1. The molecule has 1 aliphatic heterocycles. The molecule has 1 saturated heterocycles. The van der Waals surface area contributed by atoms with Crippen molar-refractivity contribution in [1.29, 1.82) is 0 Å². The molecule has 0 radical (unpaired) electrons. The first-order valence-electron chi connectivity index (χ1n) is 7.77. The summed E-state index contributed by atoms with van der Waals surface area (Å²) in [4.78, 5) is 4.77. The van der Waals surface area contributed by atoms with Gasteiger partial charge in [0.15, 0.2) is 5.76 Å². The highest BCUT2D eigenvalue weighted by atomic mass is 16.5. The predicted molar refractivity (Wildman–Crippen MR) is 76.4 cm³/mol. The molecule has 0 aromatic carbocycles. The minimum Gasteiger partial charge on any atom is -0.390 e. The van der Waals surface area contributed by atoms with Crippen molar-refractivity contribution >= 4 is 0 Å². The van der Waals surface area contributed by atoms with Crippen LogP contribution in [0.25, 0.3) is 0 Å². The molecule has 5 nitrogen and oxygen atoms in total. The summed E-state index contributed by atoms with van der Waals surface area (Å²) in [6, 6.07) is 2.67. The van der Waals surface area contributed by atoms with Crippen LogP contribution in [0.1, 0.15) is 37.1 Å². The molecule has 2 heterocycles. The van der Waals surface area contributed by atoms with Gasteiger partial charge in [-0.05, 0) is 19.8 Å². The van der Waals surface area contributed by atoms with Gasteiger partial charge in [0.05, 0.1) is 18.3 Å². The lowest BCUT2D eigenvalue weighted by Crippen LogP contribution is -2.39. The molecule has 2 aliphatic rings. The van der Waals surface area contributed by atoms with Gasteiger partial charge in [-0.2, -0.15) is 0 Å². The Bertz CT molecular complexity index is 429. The second-order valence-electron chi connectivity index (χ2n) is 6.26. The molecule has 0 bridgehead atoms. The highest BCUT2D eigenvalue weighted by molar-refractivity contribution is 5.03. The van der Waals surface area contributed by atoms with E-state index in [1.165, 1.54) is 25.7 Å². The maximum Gasteiger partial charge on any atom is 0.150 e. The molecule has 1 saturated carbocycles. The Morgan fingerprint density at radius 1 is 1.30 bits per heavy atom. The van der Waals surface area contributed by atoms with E-state index < -0.39 is 0 Å². The summed E-state index contributed by atoms with van der Waals surface area (Å²) >= 11 is 0. The van der Waals surface area contributed by atoms with Crippen LogP contribution in [0.4, 0.5) is 0 Å². The number of β-amino-alcohol motifs (C(OH)–C–C–N with tert-alkyl or cyclic N) is 1. The number of aliphatic hydroxyl groups excluding tert-OH is 1. The van der Waals surface area contributed by atoms with Crippen molar-refractivity contribution in [3.05, 3.63) is 17.5 Å². The quantitative estimate of drug-likeness (QED) is 0.906. The Morgan fingerprint density at radius 2 is 2.10 bits per heavy atom. The molecule has 1 aromatic rings. The van der Waals surface area contributed by atoms with Gasteiger partial charge in [-0.1, -0.05) is 18.0 Å². The third kappa shape index (κ3) is 3.40. The van der Waals surface area contributed by atoms with Gasteiger partial charge in [0.2, 0.25) is 0 Å². The summed E-state index contributed by atoms with van der Waals surface area (Å²) < 4.78 is 5.28. The molecule has 0 unspecified atom stereocenters. The van der Waals surface area contributed by atoms with Crippen molar-refractivity contribution in [2.45, 2.75) is 51.3 Å². The predicted octanol–water partition coefficient (Wildman–Crippen LogP) is 1.40. The average molecular weight is 279 g/mol. The molecule has 1 aromatic heterocycles. The molecular formula is C15H25N3O2. The zero-order valence-electron chi connectivity index (χ0n) is 12.3. The number of aliphatic hydroxyl groups is 1. The van der Waals surface area contributed by atoms with Crippen LogP contribution in [0.2, 0.25) is 0 Å². The van der Waals surface area contributed by atoms with E-state index in [2.05, 4.69) is 15.0 Å². The van der Waals surface area contributed by atoms with E-state index >= 15 is 0 Å². The highest BCUT2D eigenvalue weighted by Crippen LogP contribution is 2.24. The Kier molecular flexibility index (Phi) is 4.38. The van der Waals surface area contributed by atoms with Gasteiger partial charge in [-0.3, -0.25) is 9.80 Å². The van der Waals surface area contributed by atoms with Gasteiger partial charge in [0.25, 0.3) is 0 Å². The summed E-state index contributed by atoms with van der Waals surface area (Å²) in [6.07, 6.45) is 5.03. The first-order chi connectivity index (χ1) is 9.70. The van der Waals surface area contributed by atoms with Gasteiger partial charge >= 0.3 is 0 Å². The molecule has 20 heavy (non-hydrogen) atoms. The minimum atomic E-state index is -0.262. The topological polar surface area (TPSA) is 52.7 Å². The molecule has 1 atom stereocenters. The second kappa shape index (κ2) is 6.24. The standard InChI is InChI=1S/C15H25N3O2/c1-12-8-15(20-16-12)11-17-6-7-18(10-14(19)9-17)13-4-2-3-5-13/h8,13-14,19H,2-7,9-11H2,1H3/t14-/m0/s1. The Hall–Kier alpha value is -0.910. The maximum atomic E-state index is 10.2. The van der Waals surface area contributed by atoms with Gasteiger partial charge in [0, 0.05) is 38.3 Å². The van der Waals surface area contributed by atoms with E-state index in [-0.39, 0.29) is 6.10 Å². The molecule has 3 rings (SSSR count). The molecule has 1 aliphatic carbocycles. The summed E-state index contributed by atoms with van der Waals surface area (Å²) in [5, 5.41) is 14.2. The van der Waals surface area contributed by atoms with Crippen molar-refractivity contribution < 1.29 is 9.63 Å². The monoisotopic (exact) mass is 279 g/mol. The van der Waals surface area contributed by atoms with Crippen LogP contribution in [-0.2, 0) is 6.54 Å². The third-order valence-corrected chi connectivity index (χ3v) is 4.51. The normalized spacial score (nSPS) is 27.0. The number of aromatic nitrogens is 1. The maximum absolute atomic E-state index is 10.2. The van der Waals surface area contributed by atoms with Crippen LogP contribution in [0.3, 0.4) is 0 Å². The fourth-order valence-electron chi connectivity index (χ4n) is 3.53. The molecule has 0 amide bonds. The van der Waals surface area contributed by atoms with Crippen LogP contribution < -0.4 is 0 Å². The molecule has 5 heteroatoms. The van der Waals surface area contributed by atoms with Gasteiger partial charge < -0.3 is 9.63 Å². The second-order valence-corrected chi connectivity index (χ2v) is 6.26. The van der Waals surface area contributed by atoms with Crippen molar-refractivity contribution in [2.24, 2.45) is 0 Å². The minimum absolute atomic E-state index is 0.262. The Labute approximate surface area is 120 Å².